The molecule has 0 heterocycles. The highest BCUT2D eigenvalue weighted by atomic mass is 16.5. The molecule has 3 aliphatic carbocycles. The summed E-state index contributed by atoms with van der Waals surface area (Å²) in [5.41, 5.74) is 2.67. The van der Waals surface area contributed by atoms with Crippen LogP contribution in [0.15, 0.2) is 18.2 Å². The highest BCUT2D eigenvalue weighted by Gasteiger charge is 2.57. The number of ether oxygens (including phenoxy) is 1. The molecule has 1 aromatic carbocycles. The Balaban J connectivity index is 1.70. The van der Waals surface area contributed by atoms with Gasteiger partial charge in [-0.3, -0.25) is 4.79 Å². The van der Waals surface area contributed by atoms with Gasteiger partial charge in [0.1, 0.15) is 11.9 Å². The molecule has 3 aliphatic rings. The first-order valence-corrected chi connectivity index (χ1v) is 8.42. The minimum Gasteiger partial charge on any atom is -0.497 e. The van der Waals surface area contributed by atoms with Crippen LogP contribution in [-0.2, 0) is 11.2 Å². The highest BCUT2D eigenvalue weighted by Crippen LogP contribution is 2.60. The third kappa shape index (κ3) is 1.81. The minimum atomic E-state index is -0.740. The molecule has 2 fully saturated rings. The molecule has 118 valence electrons. The Morgan fingerprint density at radius 1 is 1.32 bits per heavy atom. The van der Waals surface area contributed by atoms with Crippen molar-refractivity contribution in [3.63, 3.8) is 0 Å². The van der Waals surface area contributed by atoms with Gasteiger partial charge < -0.3 is 9.84 Å². The van der Waals surface area contributed by atoms with E-state index >= 15 is 0 Å². The van der Waals surface area contributed by atoms with E-state index in [0.29, 0.717) is 24.2 Å². The molecule has 3 heteroatoms. The molecule has 0 spiro atoms. The van der Waals surface area contributed by atoms with Crippen molar-refractivity contribution in [1.29, 1.82) is 0 Å². The summed E-state index contributed by atoms with van der Waals surface area (Å²) in [5, 5.41) is 10.3. The lowest BCUT2D eigenvalue weighted by Crippen LogP contribution is -2.44. The fraction of sp³-hybridized carbons (Fsp3) is 0.632. The zero-order chi connectivity index (χ0) is 15.5. The Hall–Kier alpha value is -1.35. The first-order valence-electron chi connectivity index (χ1n) is 8.42. The van der Waals surface area contributed by atoms with Crippen LogP contribution in [0.5, 0.6) is 5.75 Å². The number of ketones is 1. The second-order valence-corrected chi connectivity index (χ2v) is 7.60. The van der Waals surface area contributed by atoms with Gasteiger partial charge in [0.15, 0.2) is 5.78 Å². The minimum absolute atomic E-state index is 0.0636. The van der Waals surface area contributed by atoms with Crippen LogP contribution >= 0.6 is 0 Å². The maximum atomic E-state index is 12.1. The van der Waals surface area contributed by atoms with Gasteiger partial charge in [-0.15, -0.1) is 0 Å². The number of carbonyl (C=O) groups is 1. The van der Waals surface area contributed by atoms with Gasteiger partial charge in [0.2, 0.25) is 0 Å². The first-order chi connectivity index (χ1) is 10.5. The van der Waals surface area contributed by atoms with Gasteiger partial charge >= 0.3 is 0 Å². The van der Waals surface area contributed by atoms with Crippen molar-refractivity contribution in [2.45, 2.75) is 51.0 Å². The molecule has 3 nitrogen and oxygen atoms in total. The van der Waals surface area contributed by atoms with E-state index in [2.05, 4.69) is 25.1 Å². The molecule has 0 radical (unpaired) electrons. The topological polar surface area (TPSA) is 46.5 Å². The van der Waals surface area contributed by atoms with Crippen molar-refractivity contribution < 1.29 is 14.6 Å². The summed E-state index contributed by atoms with van der Waals surface area (Å²) < 4.78 is 5.35. The van der Waals surface area contributed by atoms with Crippen molar-refractivity contribution >= 4 is 5.78 Å². The number of benzene rings is 1. The molecule has 0 aromatic heterocycles. The van der Waals surface area contributed by atoms with Crippen LogP contribution in [0.3, 0.4) is 0 Å². The van der Waals surface area contributed by atoms with Crippen LogP contribution in [0.1, 0.15) is 49.7 Å². The maximum absolute atomic E-state index is 12.1. The molecular weight excluding hydrogens is 276 g/mol. The van der Waals surface area contributed by atoms with E-state index in [1.165, 1.54) is 11.1 Å². The predicted molar refractivity (Wildman–Crippen MR) is 84.0 cm³/mol. The van der Waals surface area contributed by atoms with Gasteiger partial charge in [0, 0.05) is 11.8 Å². The second-order valence-electron chi connectivity index (χ2n) is 7.60. The largest absolute Gasteiger partial charge is 0.497 e. The summed E-state index contributed by atoms with van der Waals surface area (Å²) in [4.78, 5) is 12.1. The smallest absolute Gasteiger partial charge is 0.162 e. The van der Waals surface area contributed by atoms with Crippen molar-refractivity contribution in [3.8, 4) is 5.75 Å². The van der Waals surface area contributed by atoms with E-state index in [-0.39, 0.29) is 11.2 Å². The number of methoxy groups -OCH3 is 1. The van der Waals surface area contributed by atoms with Crippen molar-refractivity contribution in [2.75, 3.05) is 7.11 Å². The normalized spacial score (nSPS) is 39.9. The second kappa shape index (κ2) is 4.82. The number of hydrogen-bond acceptors (Lipinski definition) is 3. The first kappa shape index (κ1) is 14.3. The van der Waals surface area contributed by atoms with E-state index in [1.54, 1.807) is 7.11 Å². The van der Waals surface area contributed by atoms with Crippen molar-refractivity contribution in [1.82, 2.24) is 0 Å². The standard InChI is InChI=1S/C19H24O3/c1-19-8-7-14-13-6-4-12(22-2)9-11(13)3-5-15(14)16(19)10-17(20)18(19)21/h4,6,9,14-16,18,21H,3,5,7-8,10H2,1-2H3/t14-,15-,16-,18-,19-/m0/s1. The summed E-state index contributed by atoms with van der Waals surface area (Å²) in [6.07, 6.45) is 4.06. The third-order valence-corrected chi connectivity index (χ3v) is 6.72. The highest BCUT2D eigenvalue weighted by molar-refractivity contribution is 5.86. The summed E-state index contributed by atoms with van der Waals surface area (Å²) in [5.74, 6) is 2.44. The van der Waals surface area contributed by atoms with E-state index in [1.807, 2.05) is 0 Å². The van der Waals surface area contributed by atoms with E-state index < -0.39 is 6.10 Å². The van der Waals surface area contributed by atoms with Crippen molar-refractivity contribution in [2.24, 2.45) is 17.3 Å². The van der Waals surface area contributed by atoms with Gasteiger partial charge in [-0.2, -0.15) is 0 Å². The molecule has 0 saturated heterocycles. The lowest BCUT2D eigenvalue weighted by atomic mass is 9.55. The van der Waals surface area contributed by atoms with Crippen LogP contribution in [0, 0.1) is 17.3 Å². The van der Waals surface area contributed by atoms with Gasteiger partial charge in [-0.1, -0.05) is 13.0 Å². The Labute approximate surface area is 131 Å². The molecule has 1 aromatic rings. The number of fused-ring (bicyclic) bond motifs is 5. The average Bonchev–Trinajstić information content (AvgIpc) is 2.77. The number of Topliss-reactive ketones (excluding diaryl/α,β-unsaturated/α-hetero) is 1. The lowest BCUT2D eigenvalue weighted by Gasteiger charge is -2.49. The van der Waals surface area contributed by atoms with E-state index in [4.69, 9.17) is 4.74 Å². The fourth-order valence-corrected chi connectivity index (χ4v) is 5.45. The number of aliphatic hydroxyl groups is 1. The average molecular weight is 300 g/mol. The zero-order valence-electron chi connectivity index (χ0n) is 13.3. The molecular formula is C19H24O3. The number of aliphatic hydroxyl groups excluding tert-OH is 1. The monoisotopic (exact) mass is 300 g/mol. The Morgan fingerprint density at radius 2 is 2.14 bits per heavy atom. The molecule has 4 rings (SSSR count). The number of hydrogen-bond donors (Lipinski definition) is 1. The van der Waals surface area contributed by atoms with Crippen molar-refractivity contribution in [3.05, 3.63) is 29.3 Å². The lowest BCUT2D eigenvalue weighted by molar-refractivity contribution is -0.128. The summed E-state index contributed by atoms with van der Waals surface area (Å²) in [6.45, 7) is 2.13. The van der Waals surface area contributed by atoms with Gasteiger partial charge in [0.25, 0.3) is 0 Å². The molecule has 0 aliphatic heterocycles. The van der Waals surface area contributed by atoms with Crippen LogP contribution in [0.2, 0.25) is 0 Å². The predicted octanol–water partition coefficient (Wildman–Crippen LogP) is 3.09. The third-order valence-electron chi connectivity index (χ3n) is 6.72. The summed E-state index contributed by atoms with van der Waals surface area (Å²) >= 11 is 0. The van der Waals surface area contributed by atoms with Crippen LogP contribution < -0.4 is 4.74 Å². The quantitative estimate of drug-likeness (QED) is 0.867. The van der Waals surface area contributed by atoms with Gasteiger partial charge in [0.05, 0.1) is 7.11 Å². The van der Waals surface area contributed by atoms with Gasteiger partial charge in [-0.05, 0) is 66.7 Å². The van der Waals surface area contributed by atoms with Gasteiger partial charge in [-0.25, -0.2) is 0 Å². The molecule has 5 atom stereocenters. The molecule has 1 N–H and O–H groups in total. The van der Waals surface area contributed by atoms with Crippen LogP contribution in [-0.4, -0.2) is 24.1 Å². The molecule has 2 saturated carbocycles. The van der Waals surface area contributed by atoms with E-state index in [0.717, 1.165) is 31.4 Å². The summed E-state index contributed by atoms with van der Waals surface area (Å²) in [7, 11) is 1.71. The molecule has 22 heavy (non-hydrogen) atoms. The fourth-order valence-electron chi connectivity index (χ4n) is 5.45. The number of aryl methyl sites for hydroxylation is 1. The SMILES string of the molecule is COc1ccc2c(c1)CC[C@H]1[C@H]2CC[C@]2(C)[C@@H](O)C(=O)C[C@@H]12. The molecule has 0 bridgehead atoms. The van der Waals surface area contributed by atoms with Crippen LogP contribution in [0.25, 0.3) is 0 Å². The Kier molecular flexibility index (Phi) is 3.12. The Bertz CT molecular complexity index is 623. The summed E-state index contributed by atoms with van der Waals surface area (Å²) in [6, 6.07) is 6.46. The van der Waals surface area contributed by atoms with E-state index in [9.17, 15) is 9.90 Å². The number of rotatable bonds is 1. The molecule has 0 unspecified atom stereocenters. The van der Waals surface area contributed by atoms with Crippen LogP contribution in [0.4, 0.5) is 0 Å². The Morgan fingerprint density at radius 3 is 2.91 bits per heavy atom. The molecule has 0 amide bonds. The maximum Gasteiger partial charge on any atom is 0.162 e. The zero-order valence-corrected chi connectivity index (χ0v) is 13.3. The number of carbonyl (C=O) groups excluding carboxylic acids is 1.